The molecule has 0 unspecified atom stereocenters. The van der Waals surface area contributed by atoms with Crippen molar-refractivity contribution in [3.8, 4) is 0 Å². The number of benzene rings is 1. The summed E-state index contributed by atoms with van der Waals surface area (Å²) in [4.78, 5) is 32.1. The fourth-order valence-corrected chi connectivity index (χ4v) is 3.10. The van der Waals surface area contributed by atoms with Crippen LogP contribution in [0.4, 0.5) is 4.79 Å². The van der Waals surface area contributed by atoms with Crippen LogP contribution in [0, 0.1) is 0 Å². The van der Waals surface area contributed by atoms with Crippen LogP contribution in [0.15, 0.2) is 24.3 Å². The standard InChI is InChI=1S/C24H38O6/c1-3-5-7-9-10-11-12-14-20-27-24(26)29-30-28-23(25)22-18-16-21(17-19-22)15-13-8-6-4-2/h16-19H,3-15,20H2,1-2H3. The van der Waals surface area contributed by atoms with E-state index in [-0.39, 0.29) is 6.61 Å². The van der Waals surface area contributed by atoms with Gasteiger partial charge in [0.15, 0.2) is 0 Å². The Morgan fingerprint density at radius 1 is 0.700 bits per heavy atom. The van der Waals surface area contributed by atoms with Gasteiger partial charge in [-0.2, -0.15) is 0 Å². The van der Waals surface area contributed by atoms with Crippen LogP contribution in [0.1, 0.15) is 107 Å². The summed E-state index contributed by atoms with van der Waals surface area (Å²) in [5.74, 6) is -0.733. The molecule has 6 heteroatoms. The van der Waals surface area contributed by atoms with Gasteiger partial charge in [0.05, 0.1) is 17.2 Å². The van der Waals surface area contributed by atoms with Crippen LogP contribution in [-0.2, 0) is 26.0 Å². The normalized spacial score (nSPS) is 10.6. The third-order valence-corrected chi connectivity index (χ3v) is 4.94. The zero-order valence-corrected chi connectivity index (χ0v) is 18.7. The van der Waals surface area contributed by atoms with Gasteiger partial charge in [0.1, 0.15) is 0 Å². The minimum absolute atomic E-state index is 0.255. The Bertz CT molecular complexity index is 570. The maximum Gasteiger partial charge on any atom is 0.543 e. The number of carbonyl (C=O) groups excluding carboxylic acids is 2. The lowest BCUT2D eigenvalue weighted by atomic mass is 10.0. The first-order valence-corrected chi connectivity index (χ1v) is 11.5. The average molecular weight is 423 g/mol. The number of hydrogen-bond acceptors (Lipinski definition) is 6. The molecule has 0 spiro atoms. The van der Waals surface area contributed by atoms with E-state index in [0.717, 1.165) is 32.1 Å². The van der Waals surface area contributed by atoms with E-state index in [1.54, 1.807) is 12.1 Å². The molecule has 0 N–H and O–H groups in total. The summed E-state index contributed by atoms with van der Waals surface area (Å²) in [6, 6.07) is 7.12. The van der Waals surface area contributed by atoms with Crippen molar-refractivity contribution in [3.63, 3.8) is 0 Å². The minimum Gasteiger partial charge on any atom is -0.432 e. The van der Waals surface area contributed by atoms with Gasteiger partial charge in [-0.25, -0.2) is 14.5 Å². The van der Waals surface area contributed by atoms with Crippen molar-refractivity contribution in [2.45, 2.75) is 97.3 Å². The summed E-state index contributed by atoms with van der Waals surface area (Å²) < 4.78 is 4.87. The number of rotatable bonds is 17. The molecule has 30 heavy (non-hydrogen) atoms. The highest BCUT2D eigenvalue weighted by molar-refractivity contribution is 5.88. The highest BCUT2D eigenvalue weighted by Crippen LogP contribution is 2.11. The first-order valence-electron chi connectivity index (χ1n) is 11.5. The Morgan fingerprint density at radius 2 is 1.27 bits per heavy atom. The number of carbonyl (C=O) groups is 2. The summed E-state index contributed by atoms with van der Waals surface area (Å²) in [7, 11) is 0. The molecule has 0 radical (unpaired) electrons. The molecule has 1 rings (SSSR count). The SMILES string of the molecule is CCCCCCCCCCOC(=O)OOOC(=O)c1ccc(CCCCCC)cc1. The lowest BCUT2D eigenvalue weighted by Gasteiger charge is -2.05. The second-order valence-corrected chi connectivity index (χ2v) is 7.60. The van der Waals surface area contributed by atoms with Crippen molar-refractivity contribution in [1.82, 2.24) is 0 Å². The molecular weight excluding hydrogens is 384 g/mol. The third kappa shape index (κ3) is 13.2. The van der Waals surface area contributed by atoms with E-state index in [1.807, 2.05) is 12.1 Å². The van der Waals surface area contributed by atoms with Crippen LogP contribution in [0.25, 0.3) is 0 Å². The van der Waals surface area contributed by atoms with Gasteiger partial charge in [0, 0.05) is 0 Å². The zero-order chi connectivity index (χ0) is 21.9. The molecule has 0 heterocycles. The predicted molar refractivity (Wildman–Crippen MR) is 116 cm³/mol. The predicted octanol–water partition coefficient (Wildman–Crippen LogP) is 7.11. The Kier molecular flexibility index (Phi) is 15.4. The summed E-state index contributed by atoms with van der Waals surface area (Å²) in [5.41, 5.74) is 1.49. The van der Waals surface area contributed by atoms with Gasteiger partial charge in [-0.05, 0) is 37.0 Å². The maximum atomic E-state index is 11.9. The smallest absolute Gasteiger partial charge is 0.432 e. The number of hydrogen-bond donors (Lipinski definition) is 0. The molecule has 170 valence electrons. The molecule has 0 amide bonds. The molecule has 0 aliphatic heterocycles. The Hall–Kier alpha value is -2.08. The maximum absolute atomic E-state index is 11.9. The Labute approximate surface area is 181 Å². The van der Waals surface area contributed by atoms with E-state index < -0.39 is 12.1 Å². The topological polar surface area (TPSA) is 71.1 Å². The molecule has 0 aromatic heterocycles. The van der Waals surface area contributed by atoms with Crippen LogP contribution in [0.3, 0.4) is 0 Å². The van der Waals surface area contributed by atoms with Crippen molar-refractivity contribution in [1.29, 1.82) is 0 Å². The van der Waals surface area contributed by atoms with Crippen molar-refractivity contribution < 1.29 is 29.1 Å². The molecule has 0 saturated carbocycles. The average Bonchev–Trinajstić information content (AvgIpc) is 2.76. The first kappa shape index (κ1) is 26.0. The molecule has 1 aromatic rings. The van der Waals surface area contributed by atoms with E-state index in [4.69, 9.17) is 4.74 Å². The van der Waals surface area contributed by atoms with E-state index in [2.05, 4.69) is 28.7 Å². The van der Waals surface area contributed by atoms with Gasteiger partial charge in [-0.1, -0.05) is 90.2 Å². The summed E-state index contributed by atoms with van der Waals surface area (Å²) in [5, 5.41) is 4.24. The van der Waals surface area contributed by atoms with Crippen LogP contribution in [0.5, 0.6) is 0 Å². The van der Waals surface area contributed by atoms with Gasteiger partial charge in [0.25, 0.3) is 0 Å². The van der Waals surface area contributed by atoms with Gasteiger partial charge in [0.2, 0.25) is 0 Å². The monoisotopic (exact) mass is 422 g/mol. The number of ether oxygens (including phenoxy) is 1. The van der Waals surface area contributed by atoms with Gasteiger partial charge in [-0.15, -0.1) is 0 Å². The van der Waals surface area contributed by atoms with E-state index in [1.165, 1.54) is 56.9 Å². The van der Waals surface area contributed by atoms with E-state index in [9.17, 15) is 9.59 Å². The molecule has 0 atom stereocenters. The van der Waals surface area contributed by atoms with Gasteiger partial charge < -0.3 is 4.74 Å². The summed E-state index contributed by atoms with van der Waals surface area (Å²) >= 11 is 0. The molecule has 0 fully saturated rings. The van der Waals surface area contributed by atoms with E-state index in [0.29, 0.717) is 5.56 Å². The highest BCUT2D eigenvalue weighted by Gasteiger charge is 2.12. The molecule has 0 bridgehead atoms. The number of unbranched alkanes of at least 4 members (excludes halogenated alkanes) is 10. The minimum atomic E-state index is -1.02. The van der Waals surface area contributed by atoms with Crippen LogP contribution in [-0.4, -0.2) is 18.7 Å². The third-order valence-electron chi connectivity index (χ3n) is 4.94. The Balaban J connectivity index is 2.06. The molecule has 0 saturated heterocycles. The molecule has 1 aromatic carbocycles. The van der Waals surface area contributed by atoms with Crippen molar-refractivity contribution in [2.75, 3.05) is 6.61 Å². The molecule has 0 aliphatic rings. The van der Waals surface area contributed by atoms with Gasteiger partial charge in [-0.3, -0.25) is 4.89 Å². The molecule has 0 aliphatic carbocycles. The Morgan fingerprint density at radius 3 is 1.90 bits per heavy atom. The van der Waals surface area contributed by atoms with Crippen LogP contribution >= 0.6 is 0 Å². The van der Waals surface area contributed by atoms with Crippen molar-refractivity contribution in [3.05, 3.63) is 35.4 Å². The fraction of sp³-hybridized carbons (Fsp3) is 0.667. The van der Waals surface area contributed by atoms with Crippen molar-refractivity contribution in [2.24, 2.45) is 0 Å². The second-order valence-electron chi connectivity index (χ2n) is 7.60. The quantitative estimate of drug-likeness (QED) is 0.115. The van der Waals surface area contributed by atoms with E-state index >= 15 is 0 Å². The van der Waals surface area contributed by atoms with Crippen molar-refractivity contribution >= 4 is 12.1 Å². The lowest BCUT2D eigenvalue weighted by Crippen LogP contribution is -2.12. The zero-order valence-electron chi connectivity index (χ0n) is 18.7. The highest BCUT2D eigenvalue weighted by atomic mass is 17.5. The van der Waals surface area contributed by atoms with Crippen LogP contribution in [0.2, 0.25) is 0 Å². The number of aryl methyl sites for hydroxylation is 1. The van der Waals surface area contributed by atoms with Crippen LogP contribution < -0.4 is 0 Å². The fourth-order valence-electron chi connectivity index (χ4n) is 3.10. The molecular formula is C24H38O6. The largest absolute Gasteiger partial charge is 0.543 e. The van der Waals surface area contributed by atoms with Gasteiger partial charge >= 0.3 is 12.1 Å². The summed E-state index contributed by atoms with van der Waals surface area (Å²) in [6.07, 6.45) is 14.0. The first-order chi connectivity index (χ1) is 14.7. The second kappa shape index (κ2) is 17.8. The summed E-state index contributed by atoms with van der Waals surface area (Å²) in [6.45, 7) is 4.64. The molecule has 6 nitrogen and oxygen atoms in total. The lowest BCUT2D eigenvalue weighted by molar-refractivity contribution is -0.452.